The first kappa shape index (κ1) is 11.7. The standard InChI is InChI=1S/C11H16N2O2/c12-13-11(15)8-10(6-7-14)9-4-2-1-3-5-9/h1-5,10,14H,6-8,12H2,(H,13,15). The maximum absolute atomic E-state index is 11.2. The summed E-state index contributed by atoms with van der Waals surface area (Å²) in [6.45, 7) is 0.0669. The molecule has 1 aromatic rings. The van der Waals surface area contributed by atoms with E-state index in [0.717, 1.165) is 5.56 Å². The summed E-state index contributed by atoms with van der Waals surface area (Å²) in [7, 11) is 0. The molecular weight excluding hydrogens is 192 g/mol. The second-order valence-corrected chi connectivity index (χ2v) is 3.39. The van der Waals surface area contributed by atoms with Crippen LogP contribution in [0.25, 0.3) is 0 Å². The molecule has 0 aliphatic rings. The highest BCUT2D eigenvalue weighted by Gasteiger charge is 2.14. The predicted octanol–water partition coefficient (Wildman–Crippen LogP) is 0.533. The number of aliphatic hydroxyl groups is 1. The number of carbonyl (C=O) groups is 1. The second-order valence-electron chi connectivity index (χ2n) is 3.39. The predicted molar refractivity (Wildman–Crippen MR) is 57.8 cm³/mol. The number of hydrogen-bond acceptors (Lipinski definition) is 3. The molecule has 4 N–H and O–H groups in total. The second kappa shape index (κ2) is 6.16. The molecule has 1 amide bonds. The first-order chi connectivity index (χ1) is 7.27. The van der Waals surface area contributed by atoms with E-state index in [9.17, 15) is 4.79 Å². The third-order valence-electron chi connectivity index (χ3n) is 2.34. The van der Waals surface area contributed by atoms with Crippen LogP contribution in [-0.2, 0) is 4.79 Å². The van der Waals surface area contributed by atoms with Gasteiger partial charge in [0.1, 0.15) is 0 Å². The Bertz CT molecular complexity index is 301. The molecule has 4 heteroatoms. The fraction of sp³-hybridized carbons (Fsp3) is 0.364. The molecule has 4 nitrogen and oxygen atoms in total. The van der Waals surface area contributed by atoms with Crippen LogP contribution < -0.4 is 11.3 Å². The molecular formula is C11H16N2O2. The van der Waals surface area contributed by atoms with E-state index in [1.807, 2.05) is 30.3 Å². The van der Waals surface area contributed by atoms with Gasteiger partial charge in [-0.3, -0.25) is 10.2 Å². The summed E-state index contributed by atoms with van der Waals surface area (Å²) >= 11 is 0. The number of nitrogens with one attached hydrogen (secondary N) is 1. The van der Waals surface area contributed by atoms with Gasteiger partial charge in [0.05, 0.1) is 0 Å². The fourth-order valence-electron chi connectivity index (χ4n) is 1.55. The lowest BCUT2D eigenvalue weighted by Crippen LogP contribution is -2.31. The van der Waals surface area contributed by atoms with E-state index in [1.165, 1.54) is 0 Å². The van der Waals surface area contributed by atoms with Gasteiger partial charge in [0.25, 0.3) is 0 Å². The molecule has 0 aliphatic carbocycles. The Morgan fingerprint density at radius 1 is 1.40 bits per heavy atom. The fourth-order valence-corrected chi connectivity index (χ4v) is 1.55. The minimum atomic E-state index is -0.211. The van der Waals surface area contributed by atoms with Crippen molar-refractivity contribution in [2.75, 3.05) is 6.61 Å². The van der Waals surface area contributed by atoms with Crippen molar-refractivity contribution in [1.29, 1.82) is 0 Å². The molecule has 0 aromatic heterocycles. The van der Waals surface area contributed by atoms with Gasteiger partial charge in [0.2, 0.25) is 5.91 Å². The Kier molecular flexibility index (Phi) is 4.80. The zero-order valence-corrected chi connectivity index (χ0v) is 8.52. The highest BCUT2D eigenvalue weighted by molar-refractivity contribution is 5.76. The summed E-state index contributed by atoms with van der Waals surface area (Å²) in [5.74, 6) is 4.85. The number of benzene rings is 1. The monoisotopic (exact) mass is 208 g/mol. The maximum Gasteiger partial charge on any atom is 0.234 e. The largest absolute Gasteiger partial charge is 0.396 e. The summed E-state index contributed by atoms with van der Waals surface area (Å²) in [6, 6.07) is 9.65. The van der Waals surface area contributed by atoms with Crippen LogP contribution in [0.3, 0.4) is 0 Å². The van der Waals surface area contributed by atoms with E-state index in [0.29, 0.717) is 12.8 Å². The first-order valence-electron chi connectivity index (χ1n) is 4.93. The van der Waals surface area contributed by atoms with Gasteiger partial charge in [-0.1, -0.05) is 30.3 Å². The maximum atomic E-state index is 11.2. The van der Waals surface area contributed by atoms with Crippen molar-refractivity contribution in [2.45, 2.75) is 18.8 Å². The minimum Gasteiger partial charge on any atom is -0.396 e. The van der Waals surface area contributed by atoms with E-state index >= 15 is 0 Å². The van der Waals surface area contributed by atoms with E-state index in [1.54, 1.807) is 0 Å². The molecule has 1 unspecified atom stereocenters. The molecule has 0 fully saturated rings. The highest BCUT2D eigenvalue weighted by atomic mass is 16.3. The van der Waals surface area contributed by atoms with Crippen molar-refractivity contribution in [1.82, 2.24) is 5.43 Å². The van der Waals surface area contributed by atoms with Crippen molar-refractivity contribution in [3.05, 3.63) is 35.9 Å². The van der Waals surface area contributed by atoms with Gasteiger partial charge >= 0.3 is 0 Å². The topological polar surface area (TPSA) is 75.3 Å². The van der Waals surface area contributed by atoms with Gasteiger partial charge in [-0.15, -0.1) is 0 Å². The highest BCUT2D eigenvalue weighted by Crippen LogP contribution is 2.22. The molecule has 1 atom stereocenters. The lowest BCUT2D eigenvalue weighted by Gasteiger charge is -2.14. The number of carbonyl (C=O) groups excluding carboxylic acids is 1. The van der Waals surface area contributed by atoms with Crippen molar-refractivity contribution in [2.24, 2.45) is 5.84 Å². The number of rotatable bonds is 5. The zero-order valence-electron chi connectivity index (χ0n) is 8.52. The number of nitrogens with two attached hydrogens (primary N) is 1. The Morgan fingerprint density at radius 3 is 2.60 bits per heavy atom. The van der Waals surface area contributed by atoms with Crippen molar-refractivity contribution < 1.29 is 9.90 Å². The summed E-state index contributed by atoms with van der Waals surface area (Å²) in [6.07, 6.45) is 0.874. The SMILES string of the molecule is NNC(=O)CC(CCO)c1ccccc1. The average Bonchev–Trinajstić information content (AvgIpc) is 2.29. The van der Waals surface area contributed by atoms with Crippen molar-refractivity contribution in [3.63, 3.8) is 0 Å². The Labute approximate surface area is 89.1 Å². The quantitative estimate of drug-likeness (QED) is 0.375. The summed E-state index contributed by atoms with van der Waals surface area (Å²) < 4.78 is 0. The summed E-state index contributed by atoms with van der Waals surface area (Å²) in [4.78, 5) is 11.2. The van der Waals surface area contributed by atoms with Crippen molar-refractivity contribution >= 4 is 5.91 Å². The van der Waals surface area contributed by atoms with E-state index in [-0.39, 0.29) is 18.4 Å². The summed E-state index contributed by atoms with van der Waals surface area (Å²) in [5, 5.41) is 8.92. The van der Waals surface area contributed by atoms with Crippen LogP contribution in [0.5, 0.6) is 0 Å². The van der Waals surface area contributed by atoms with E-state index < -0.39 is 0 Å². The normalized spacial score (nSPS) is 12.1. The molecule has 0 radical (unpaired) electrons. The number of hydrogen-bond donors (Lipinski definition) is 3. The molecule has 0 heterocycles. The zero-order chi connectivity index (χ0) is 11.1. The van der Waals surface area contributed by atoms with Gasteiger partial charge < -0.3 is 5.11 Å². The molecule has 1 rings (SSSR count). The first-order valence-corrected chi connectivity index (χ1v) is 4.93. The number of amides is 1. The van der Waals surface area contributed by atoms with Gasteiger partial charge in [-0.05, 0) is 17.9 Å². The molecule has 0 saturated heterocycles. The van der Waals surface area contributed by atoms with Gasteiger partial charge in [-0.25, -0.2) is 5.84 Å². The smallest absolute Gasteiger partial charge is 0.234 e. The Hall–Kier alpha value is -1.39. The molecule has 0 aliphatic heterocycles. The van der Waals surface area contributed by atoms with E-state index in [2.05, 4.69) is 5.43 Å². The van der Waals surface area contributed by atoms with Crippen LogP contribution in [0.2, 0.25) is 0 Å². The molecule has 1 aromatic carbocycles. The number of hydrazine groups is 1. The molecule has 0 spiro atoms. The van der Waals surface area contributed by atoms with Crippen LogP contribution in [0.1, 0.15) is 24.3 Å². The molecule has 15 heavy (non-hydrogen) atoms. The lowest BCUT2D eigenvalue weighted by molar-refractivity contribution is -0.121. The third-order valence-corrected chi connectivity index (χ3v) is 2.34. The average molecular weight is 208 g/mol. The van der Waals surface area contributed by atoms with Gasteiger partial charge in [-0.2, -0.15) is 0 Å². The molecule has 82 valence electrons. The Balaban J connectivity index is 2.70. The summed E-state index contributed by atoms with van der Waals surface area (Å²) in [5.41, 5.74) is 3.15. The lowest BCUT2D eigenvalue weighted by atomic mass is 9.92. The van der Waals surface area contributed by atoms with Crippen LogP contribution in [0.4, 0.5) is 0 Å². The molecule has 0 saturated carbocycles. The van der Waals surface area contributed by atoms with Gasteiger partial charge in [0, 0.05) is 13.0 Å². The van der Waals surface area contributed by atoms with Gasteiger partial charge in [0.15, 0.2) is 0 Å². The molecule has 0 bridgehead atoms. The van der Waals surface area contributed by atoms with E-state index in [4.69, 9.17) is 10.9 Å². The minimum absolute atomic E-state index is 0.0275. The van der Waals surface area contributed by atoms with Crippen LogP contribution in [-0.4, -0.2) is 17.6 Å². The van der Waals surface area contributed by atoms with Crippen LogP contribution in [0.15, 0.2) is 30.3 Å². The number of aliphatic hydroxyl groups excluding tert-OH is 1. The van der Waals surface area contributed by atoms with Crippen molar-refractivity contribution in [3.8, 4) is 0 Å². The van der Waals surface area contributed by atoms with Crippen LogP contribution >= 0.6 is 0 Å². The van der Waals surface area contributed by atoms with Crippen LogP contribution in [0, 0.1) is 0 Å². The Morgan fingerprint density at radius 2 is 2.07 bits per heavy atom. The third kappa shape index (κ3) is 3.69.